The van der Waals surface area contributed by atoms with Crippen molar-refractivity contribution in [3.05, 3.63) is 94.5 Å². The van der Waals surface area contributed by atoms with Gasteiger partial charge >= 0.3 is 0 Å². The van der Waals surface area contributed by atoms with Crippen molar-refractivity contribution in [1.29, 1.82) is 0 Å². The maximum absolute atomic E-state index is 11.5. The Morgan fingerprint density at radius 2 is 1.55 bits per heavy atom. The number of thioether (sulfide) groups is 1. The van der Waals surface area contributed by atoms with E-state index < -0.39 is 26.0 Å². The second-order valence-electron chi connectivity index (χ2n) is 10.8. The molecule has 0 fully saturated rings. The molecule has 0 spiro atoms. The fourth-order valence-corrected chi connectivity index (χ4v) is 8.92. The van der Waals surface area contributed by atoms with Crippen LogP contribution in [0.5, 0.6) is 0 Å². The van der Waals surface area contributed by atoms with Crippen molar-refractivity contribution >= 4 is 86.9 Å². The molecule has 44 heavy (non-hydrogen) atoms. The highest BCUT2D eigenvalue weighted by Gasteiger charge is 2.26. The van der Waals surface area contributed by atoms with Crippen molar-refractivity contribution in [1.82, 2.24) is 0 Å². The van der Waals surface area contributed by atoms with Gasteiger partial charge in [-0.3, -0.25) is 4.55 Å². The average molecular weight is 667 g/mol. The summed E-state index contributed by atoms with van der Waals surface area (Å²) in [7, 11) is -8.41. The fourth-order valence-electron chi connectivity index (χ4n) is 5.48. The number of benzene rings is 4. The normalized spacial score (nSPS) is 15.2. The number of nitrogens with zero attached hydrogens (tertiary/aromatic N) is 2. The van der Waals surface area contributed by atoms with Gasteiger partial charge in [0.2, 0.25) is 5.52 Å². The minimum atomic E-state index is -4.33. The number of thiazole rings is 1. The van der Waals surface area contributed by atoms with E-state index in [9.17, 15) is 25.9 Å². The molecule has 12 heteroatoms. The third-order valence-corrected chi connectivity index (χ3v) is 11.2. The van der Waals surface area contributed by atoms with Crippen molar-refractivity contribution in [2.75, 3.05) is 23.0 Å². The lowest BCUT2D eigenvalue weighted by Crippen LogP contribution is -2.36. The molecular formula is C32H30N2O6S4. The van der Waals surface area contributed by atoms with Gasteiger partial charge in [0.15, 0.2) is 6.54 Å². The zero-order valence-electron chi connectivity index (χ0n) is 23.8. The van der Waals surface area contributed by atoms with Gasteiger partial charge in [0.05, 0.1) is 26.6 Å². The third-order valence-electron chi connectivity index (χ3n) is 7.46. The molecule has 0 radical (unpaired) electrons. The molecule has 1 aliphatic rings. The van der Waals surface area contributed by atoms with Gasteiger partial charge in [-0.2, -0.15) is 13.0 Å². The van der Waals surface area contributed by atoms with Crippen molar-refractivity contribution in [2.24, 2.45) is 0 Å². The van der Waals surface area contributed by atoms with Gasteiger partial charge in [0, 0.05) is 35.8 Å². The van der Waals surface area contributed by atoms with Crippen LogP contribution in [-0.2, 0) is 26.8 Å². The minimum absolute atomic E-state index is 0.205. The Hall–Kier alpha value is -3.26. The smallest absolute Gasteiger partial charge is 0.264 e. The van der Waals surface area contributed by atoms with Crippen molar-refractivity contribution in [2.45, 2.75) is 31.2 Å². The monoisotopic (exact) mass is 666 g/mol. The molecule has 0 unspecified atom stereocenters. The van der Waals surface area contributed by atoms with E-state index in [1.807, 2.05) is 43.3 Å². The topological polar surface area (TPSA) is 119 Å². The maximum atomic E-state index is 11.5. The number of rotatable bonds is 10. The number of anilines is 1. The van der Waals surface area contributed by atoms with Crippen LogP contribution in [0, 0.1) is 0 Å². The first-order chi connectivity index (χ1) is 20.9. The minimum Gasteiger partial charge on any atom is -0.748 e. The molecule has 0 saturated carbocycles. The number of hydrogen-bond acceptors (Lipinski definition) is 8. The zero-order chi connectivity index (χ0) is 31.1. The molecule has 0 bridgehead atoms. The zero-order valence-corrected chi connectivity index (χ0v) is 27.1. The lowest BCUT2D eigenvalue weighted by molar-refractivity contribution is -0.668. The lowest BCUT2D eigenvalue weighted by Gasteiger charge is -2.20. The van der Waals surface area contributed by atoms with Gasteiger partial charge in [0.25, 0.3) is 15.1 Å². The molecule has 4 aromatic carbocycles. The van der Waals surface area contributed by atoms with Gasteiger partial charge in [-0.05, 0) is 64.7 Å². The number of fused-ring (bicyclic) bond motifs is 4. The van der Waals surface area contributed by atoms with Crippen LogP contribution in [0.25, 0.3) is 37.8 Å². The van der Waals surface area contributed by atoms with Gasteiger partial charge in [-0.25, -0.2) is 8.42 Å². The molecule has 1 N–H and O–H groups in total. The predicted molar refractivity (Wildman–Crippen MR) is 179 cm³/mol. The van der Waals surface area contributed by atoms with Gasteiger partial charge in [0.1, 0.15) is 4.70 Å². The van der Waals surface area contributed by atoms with Gasteiger partial charge < -0.3 is 9.45 Å². The Morgan fingerprint density at radius 3 is 2.20 bits per heavy atom. The van der Waals surface area contributed by atoms with Crippen LogP contribution in [0.4, 0.5) is 5.69 Å². The molecule has 0 aliphatic carbocycles. The van der Waals surface area contributed by atoms with E-state index in [-0.39, 0.29) is 18.6 Å². The first kappa shape index (κ1) is 30.8. The summed E-state index contributed by atoms with van der Waals surface area (Å²) in [5.74, 6) is -0.757. The third kappa shape index (κ3) is 7.01. The first-order valence-electron chi connectivity index (χ1n) is 14.1. The summed E-state index contributed by atoms with van der Waals surface area (Å²) >= 11 is 3.22. The van der Waals surface area contributed by atoms with Crippen LogP contribution >= 0.6 is 23.1 Å². The molecule has 1 aromatic heterocycles. The van der Waals surface area contributed by atoms with E-state index >= 15 is 0 Å². The quantitative estimate of drug-likeness (QED) is 0.131. The summed E-state index contributed by atoms with van der Waals surface area (Å²) < 4.78 is 69.4. The Kier molecular flexibility index (Phi) is 8.57. The van der Waals surface area contributed by atoms with Crippen LogP contribution in [-0.4, -0.2) is 44.0 Å². The molecule has 0 saturated heterocycles. The summed E-state index contributed by atoms with van der Waals surface area (Å²) in [4.78, 5) is 3.16. The number of aryl methyl sites for hydroxylation is 1. The Balaban J connectivity index is 1.39. The van der Waals surface area contributed by atoms with Crippen LogP contribution in [0.3, 0.4) is 0 Å². The van der Waals surface area contributed by atoms with Crippen LogP contribution < -0.4 is 9.47 Å². The average Bonchev–Trinajstić information content (AvgIpc) is 3.45. The van der Waals surface area contributed by atoms with E-state index in [0.29, 0.717) is 13.1 Å². The van der Waals surface area contributed by atoms with E-state index in [1.165, 1.54) is 0 Å². The second-order valence-corrected chi connectivity index (χ2v) is 16.0. The molecule has 1 aliphatic heterocycles. The summed E-state index contributed by atoms with van der Waals surface area (Å²) in [6, 6.07) is 24.6. The Labute approximate surface area is 264 Å². The molecule has 6 rings (SSSR count). The standard InChI is InChI=1S/C32H30N2O6S4/c1-22(16-31-33(12-6-14-43(35,36)37)27-18-23-8-2-4-10-25(23)20-29(27)41-31)17-32-34(13-7-15-44(38,39)40)28-19-24-9-3-5-11-26(24)21-30(28)42-32/h2-5,8-11,16-21H,6-7,12-15H2,1H3,(H-,35,36,37,38,39,40). The van der Waals surface area contributed by atoms with Crippen molar-refractivity contribution < 1.29 is 30.5 Å². The predicted octanol–water partition coefficient (Wildman–Crippen LogP) is 6.57. The summed E-state index contributed by atoms with van der Waals surface area (Å²) in [5.41, 5.74) is 2.92. The summed E-state index contributed by atoms with van der Waals surface area (Å²) in [5, 5.41) is 6.25. The van der Waals surface area contributed by atoms with Crippen LogP contribution in [0.15, 0.2) is 94.4 Å². The highest BCUT2D eigenvalue weighted by molar-refractivity contribution is 8.03. The number of hydrogen-bond donors (Lipinski definition) is 1. The molecule has 2 heterocycles. The summed E-state index contributed by atoms with van der Waals surface area (Å²) in [6.45, 7) is 2.79. The van der Waals surface area contributed by atoms with Crippen LogP contribution in [0.1, 0.15) is 24.8 Å². The molecule has 0 amide bonds. The van der Waals surface area contributed by atoms with Crippen molar-refractivity contribution in [3.8, 4) is 0 Å². The van der Waals surface area contributed by atoms with Gasteiger partial charge in [-0.1, -0.05) is 71.6 Å². The molecule has 0 atom stereocenters. The van der Waals surface area contributed by atoms with E-state index in [0.717, 1.165) is 58.0 Å². The maximum Gasteiger partial charge on any atom is 0.264 e. The summed E-state index contributed by atoms with van der Waals surface area (Å²) in [6.07, 6.45) is 4.59. The fraction of sp³-hybridized carbons (Fsp3) is 0.219. The van der Waals surface area contributed by atoms with Crippen LogP contribution in [0.2, 0.25) is 0 Å². The molecular weight excluding hydrogens is 637 g/mol. The Bertz CT molecular complexity index is 2190. The van der Waals surface area contributed by atoms with E-state index in [1.54, 1.807) is 23.1 Å². The molecule has 228 valence electrons. The second kappa shape index (κ2) is 12.3. The van der Waals surface area contributed by atoms with E-state index in [2.05, 4.69) is 58.0 Å². The molecule has 8 nitrogen and oxygen atoms in total. The van der Waals surface area contributed by atoms with E-state index in [4.69, 9.17) is 0 Å². The highest BCUT2D eigenvalue weighted by atomic mass is 32.2. The largest absolute Gasteiger partial charge is 0.748 e. The number of aromatic nitrogens is 1. The highest BCUT2D eigenvalue weighted by Crippen LogP contribution is 2.48. The number of allylic oxidation sites excluding steroid dienone is 2. The van der Waals surface area contributed by atoms with Crippen molar-refractivity contribution in [3.63, 3.8) is 0 Å². The lowest BCUT2D eigenvalue weighted by atomic mass is 10.1. The SMILES string of the molecule is CC(=C/c1sc2cc3ccccc3cc2[n+]1CCCS(=O)(=O)[O-])/C=C1/Sc2cc3ccccc3cc2N1CCCS(=O)(=O)O. The Morgan fingerprint density at radius 1 is 0.909 bits per heavy atom. The van der Waals surface area contributed by atoms with Gasteiger partial charge in [-0.15, -0.1) is 0 Å². The first-order valence-corrected chi connectivity index (χ1v) is 18.9. The molecule has 5 aromatic rings.